The van der Waals surface area contributed by atoms with Crippen LogP contribution < -0.4 is 5.73 Å². The summed E-state index contributed by atoms with van der Waals surface area (Å²) in [5.74, 6) is 1.81. The number of nitrogens with two attached hydrogens (primary N) is 1. The first-order valence-corrected chi connectivity index (χ1v) is 6.40. The van der Waals surface area contributed by atoms with Crippen molar-refractivity contribution < 1.29 is 0 Å². The van der Waals surface area contributed by atoms with E-state index in [0.29, 0.717) is 6.54 Å². The number of hydrogen-bond acceptors (Lipinski definition) is 3. The van der Waals surface area contributed by atoms with E-state index in [-0.39, 0.29) is 0 Å². The van der Waals surface area contributed by atoms with E-state index >= 15 is 0 Å². The number of halogens is 1. The Hall–Kier alpha value is -1.39. The van der Waals surface area contributed by atoms with Gasteiger partial charge in [0.15, 0.2) is 5.82 Å². The summed E-state index contributed by atoms with van der Waals surface area (Å²) < 4.78 is 1.83. The van der Waals surface area contributed by atoms with E-state index in [2.05, 4.69) is 16.1 Å². The number of benzene rings is 1. The Morgan fingerprint density at radius 1 is 1.28 bits per heavy atom. The number of hydrogen-bond donors (Lipinski definition) is 1. The molecule has 2 N–H and O–H groups in total. The predicted molar refractivity (Wildman–Crippen MR) is 72.6 cm³/mol. The van der Waals surface area contributed by atoms with Crippen LogP contribution in [-0.4, -0.2) is 21.3 Å². The minimum absolute atomic E-state index is 0.581. The molecule has 0 saturated heterocycles. The van der Waals surface area contributed by atoms with Crippen LogP contribution in [0, 0.1) is 0 Å². The van der Waals surface area contributed by atoms with Gasteiger partial charge in [-0.3, -0.25) is 4.68 Å². The highest BCUT2D eigenvalue weighted by Crippen LogP contribution is 2.12. The van der Waals surface area contributed by atoms with Crippen LogP contribution in [0.15, 0.2) is 24.3 Å². The SMILES string of the molecule is Cn1nc(CCN)nc1CCc1cccc(Cl)c1. The van der Waals surface area contributed by atoms with Gasteiger partial charge in [0.1, 0.15) is 5.82 Å². The van der Waals surface area contributed by atoms with Crippen molar-refractivity contribution in [2.75, 3.05) is 6.54 Å². The van der Waals surface area contributed by atoms with Crippen molar-refractivity contribution in [3.63, 3.8) is 0 Å². The van der Waals surface area contributed by atoms with Gasteiger partial charge in [-0.15, -0.1) is 0 Å². The Balaban J connectivity index is 2.01. The predicted octanol–water partition coefficient (Wildman–Crippen LogP) is 1.75. The van der Waals surface area contributed by atoms with Crippen molar-refractivity contribution in [2.24, 2.45) is 12.8 Å². The van der Waals surface area contributed by atoms with Crippen LogP contribution in [0.25, 0.3) is 0 Å². The van der Waals surface area contributed by atoms with E-state index in [0.717, 1.165) is 35.9 Å². The minimum atomic E-state index is 0.581. The van der Waals surface area contributed by atoms with E-state index in [1.807, 2.05) is 29.9 Å². The van der Waals surface area contributed by atoms with Gasteiger partial charge in [-0.05, 0) is 30.7 Å². The lowest BCUT2D eigenvalue weighted by molar-refractivity contribution is 0.685. The number of aromatic nitrogens is 3. The second kappa shape index (κ2) is 5.98. The lowest BCUT2D eigenvalue weighted by atomic mass is 10.1. The van der Waals surface area contributed by atoms with E-state index in [4.69, 9.17) is 17.3 Å². The molecule has 0 bridgehead atoms. The first kappa shape index (κ1) is 13.1. The molecule has 5 heteroatoms. The highest BCUT2D eigenvalue weighted by molar-refractivity contribution is 6.30. The molecule has 0 radical (unpaired) electrons. The lowest BCUT2D eigenvalue weighted by Crippen LogP contribution is -2.04. The fourth-order valence-electron chi connectivity index (χ4n) is 1.88. The number of aryl methyl sites for hydroxylation is 3. The topological polar surface area (TPSA) is 56.7 Å². The monoisotopic (exact) mass is 264 g/mol. The standard InChI is InChI=1S/C13H17ClN4/c1-18-13(16-12(17-18)7-8-15)6-5-10-3-2-4-11(14)9-10/h2-4,9H,5-8,15H2,1H3. The van der Waals surface area contributed by atoms with Crippen molar-refractivity contribution in [2.45, 2.75) is 19.3 Å². The molecular formula is C13H17ClN4. The summed E-state index contributed by atoms with van der Waals surface area (Å²) in [5.41, 5.74) is 6.71. The van der Waals surface area contributed by atoms with E-state index in [1.54, 1.807) is 0 Å². The quantitative estimate of drug-likeness (QED) is 0.895. The summed E-state index contributed by atoms with van der Waals surface area (Å²) in [5, 5.41) is 5.10. The molecule has 0 spiro atoms. The zero-order valence-electron chi connectivity index (χ0n) is 10.4. The van der Waals surface area contributed by atoms with Crippen LogP contribution in [0.4, 0.5) is 0 Å². The summed E-state index contributed by atoms with van der Waals surface area (Å²) >= 11 is 5.96. The minimum Gasteiger partial charge on any atom is -0.330 e. The fourth-order valence-corrected chi connectivity index (χ4v) is 2.09. The van der Waals surface area contributed by atoms with Gasteiger partial charge < -0.3 is 5.73 Å². The molecule has 18 heavy (non-hydrogen) atoms. The third-order valence-electron chi connectivity index (χ3n) is 2.79. The van der Waals surface area contributed by atoms with Gasteiger partial charge in [-0.1, -0.05) is 23.7 Å². The third-order valence-corrected chi connectivity index (χ3v) is 3.03. The van der Waals surface area contributed by atoms with Gasteiger partial charge >= 0.3 is 0 Å². The molecule has 0 aliphatic carbocycles. The normalized spacial score (nSPS) is 10.8. The summed E-state index contributed by atoms with van der Waals surface area (Å²) in [7, 11) is 1.92. The molecule has 0 amide bonds. The van der Waals surface area contributed by atoms with Crippen LogP contribution in [0.1, 0.15) is 17.2 Å². The van der Waals surface area contributed by atoms with E-state index < -0.39 is 0 Å². The number of rotatable bonds is 5. The Morgan fingerprint density at radius 2 is 2.11 bits per heavy atom. The molecule has 1 aromatic carbocycles. The van der Waals surface area contributed by atoms with Crippen LogP contribution >= 0.6 is 11.6 Å². The van der Waals surface area contributed by atoms with Crippen LogP contribution in [0.2, 0.25) is 5.02 Å². The Bertz CT molecular complexity index is 521. The molecule has 2 rings (SSSR count). The zero-order valence-corrected chi connectivity index (χ0v) is 11.2. The molecule has 96 valence electrons. The average molecular weight is 265 g/mol. The second-order valence-electron chi connectivity index (χ2n) is 4.24. The fraction of sp³-hybridized carbons (Fsp3) is 0.385. The average Bonchev–Trinajstić information content (AvgIpc) is 2.68. The molecule has 0 aliphatic heterocycles. The van der Waals surface area contributed by atoms with Crippen molar-refractivity contribution in [1.29, 1.82) is 0 Å². The van der Waals surface area contributed by atoms with Gasteiger partial charge in [0.25, 0.3) is 0 Å². The maximum atomic E-state index is 5.96. The smallest absolute Gasteiger partial charge is 0.152 e. The molecule has 4 nitrogen and oxygen atoms in total. The summed E-state index contributed by atoms with van der Waals surface area (Å²) in [4.78, 5) is 4.48. The molecule has 1 heterocycles. The molecule has 0 saturated carbocycles. The summed E-state index contributed by atoms with van der Waals surface area (Å²) in [6, 6.07) is 7.91. The molecule has 2 aromatic rings. The molecule has 1 aromatic heterocycles. The van der Waals surface area contributed by atoms with Crippen molar-refractivity contribution in [3.8, 4) is 0 Å². The van der Waals surface area contributed by atoms with Gasteiger partial charge in [-0.25, -0.2) is 4.98 Å². The maximum absolute atomic E-state index is 5.96. The van der Waals surface area contributed by atoms with Crippen molar-refractivity contribution in [3.05, 3.63) is 46.5 Å². The molecular weight excluding hydrogens is 248 g/mol. The number of nitrogens with zero attached hydrogens (tertiary/aromatic N) is 3. The van der Waals surface area contributed by atoms with Crippen molar-refractivity contribution in [1.82, 2.24) is 14.8 Å². The summed E-state index contributed by atoms with van der Waals surface area (Å²) in [6.45, 7) is 0.581. The third kappa shape index (κ3) is 3.31. The first-order valence-electron chi connectivity index (χ1n) is 6.02. The van der Waals surface area contributed by atoms with Crippen LogP contribution in [0.5, 0.6) is 0 Å². The van der Waals surface area contributed by atoms with Crippen LogP contribution in [0.3, 0.4) is 0 Å². The summed E-state index contributed by atoms with van der Waals surface area (Å²) in [6.07, 6.45) is 2.49. The highest BCUT2D eigenvalue weighted by Gasteiger charge is 2.06. The molecule has 0 atom stereocenters. The second-order valence-corrected chi connectivity index (χ2v) is 4.67. The van der Waals surface area contributed by atoms with Crippen molar-refractivity contribution >= 4 is 11.6 Å². The van der Waals surface area contributed by atoms with E-state index in [1.165, 1.54) is 5.56 Å². The maximum Gasteiger partial charge on any atom is 0.152 e. The molecule has 0 aliphatic rings. The van der Waals surface area contributed by atoms with E-state index in [9.17, 15) is 0 Å². The first-order chi connectivity index (χ1) is 8.69. The largest absolute Gasteiger partial charge is 0.330 e. The highest BCUT2D eigenvalue weighted by atomic mass is 35.5. The van der Waals surface area contributed by atoms with Gasteiger partial charge in [0.2, 0.25) is 0 Å². The Morgan fingerprint density at radius 3 is 2.83 bits per heavy atom. The lowest BCUT2D eigenvalue weighted by Gasteiger charge is -2.01. The molecule has 0 unspecified atom stereocenters. The van der Waals surface area contributed by atoms with Crippen LogP contribution in [-0.2, 0) is 26.3 Å². The van der Waals surface area contributed by atoms with Gasteiger partial charge in [-0.2, -0.15) is 5.10 Å². The van der Waals surface area contributed by atoms with Gasteiger partial charge in [0.05, 0.1) is 0 Å². The van der Waals surface area contributed by atoms with Gasteiger partial charge in [0, 0.05) is 24.9 Å². The zero-order chi connectivity index (χ0) is 13.0. The Labute approximate surface area is 112 Å². The molecule has 0 fully saturated rings. The Kier molecular flexibility index (Phi) is 4.33.